The van der Waals surface area contributed by atoms with Gasteiger partial charge in [-0.15, -0.1) is 0 Å². The third-order valence-corrected chi connectivity index (χ3v) is 2.74. The molecule has 1 fully saturated rings. The summed E-state index contributed by atoms with van der Waals surface area (Å²) < 4.78 is 0. The summed E-state index contributed by atoms with van der Waals surface area (Å²) in [5.41, 5.74) is 0. The van der Waals surface area contributed by atoms with Gasteiger partial charge in [-0.3, -0.25) is 0 Å². The van der Waals surface area contributed by atoms with Crippen molar-refractivity contribution in [1.29, 1.82) is 0 Å². The zero-order valence-corrected chi connectivity index (χ0v) is 8.93. The Hall–Kier alpha value is -0.760. The molecule has 1 aliphatic rings. The second kappa shape index (κ2) is 4.65. The lowest BCUT2D eigenvalue weighted by Crippen LogP contribution is -2.02. The van der Waals surface area contributed by atoms with Crippen LogP contribution >= 0.6 is 11.6 Å². The molecule has 0 spiro atoms. The lowest BCUT2D eigenvalue weighted by molar-refractivity contribution is 0.686. The second-order valence-electron chi connectivity index (χ2n) is 3.87. The van der Waals surface area contributed by atoms with Crippen molar-refractivity contribution >= 4 is 17.4 Å². The van der Waals surface area contributed by atoms with E-state index in [2.05, 4.69) is 10.3 Å². The van der Waals surface area contributed by atoms with Crippen LogP contribution in [-0.4, -0.2) is 11.5 Å². The van der Waals surface area contributed by atoms with Gasteiger partial charge in [0.25, 0.3) is 0 Å². The summed E-state index contributed by atoms with van der Waals surface area (Å²) in [6, 6.07) is 3.78. The minimum Gasteiger partial charge on any atom is -0.370 e. The van der Waals surface area contributed by atoms with Crippen LogP contribution in [0.4, 0.5) is 5.82 Å². The van der Waals surface area contributed by atoms with Crippen molar-refractivity contribution in [2.75, 3.05) is 11.9 Å². The molecule has 0 bridgehead atoms. The number of nitrogens with zero attached hydrogens (tertiary/aromatic N) is 1. The van der Waals surface area contributed by atoms with E-state index in [4.69, 9.17) is 11.6 Å². The largest absolute Gasteiger partial charge is 0.370 e. The molecule has 0 aromatic carbocycles. The van der Waals surface area contributed by atoms with Crippen molar-refractivity contribution in [1.82, 2.24) is 4.98 Å². The van der Waals surface area contributed by atoms with Gasteiger partial charge < -0.3 is 5.32 Å². The maximum atomic E-state index is 5.73. The van der Waals surface area contributed by atoms with Crippen molar-refractivity contribution in [2.24, 2.45) is 5.92 Å². The summed E-state index contributed by atoms with van der Waals surface area (Å²) in [6.07, 6.45) is 7.17. The number of hydrogen-bond acceptors (Lipinski definition) is 2. The van der Waals surface area contributed by atoms with Crippen LogP contribution in [0.3, 0.4) is 0 Å². The number of hydrogen-bond donors (Lipinski definition) is 1. The Bertz CT molecular complexity index is 280. The number of aromatic nitrogens is 1. The Morgan fingerprint density at radius 3 is 2.93 bits per heavy atom. The summed E-state index contributed by atoms with van der Waals surface area (Å²) in [5, 5.41) is 3.97. The van der Waals surface area contributed by atoms with Crippen LogP contribution in [0.1, 0.15) is 25.7 Å². The molecule has 2 nitrogen and oxygen atoms in total. The first-order valence-corrected chi connectivity index (χ1v) is 5.58. The number of halogens is 1. The summed E-state index contributed by atoms with van der Waals surface area (Å²) in [6.45, 7) is 1.02. The highest BCUT2D eigenvalue weighted by Gasteiger charge is 2.19. The van der Waals surface area contributed by atoms with Crippen LogP contribution in [0.25, 0.3) is 0 Å². The molecule has 3 heteroatoms. The van der Waals surface area contributed by atoms with Gasteiger partial charge in [0.05, 0.1) is 5.02 Å². The van der Waals surface area contributed by atoms with E-state index in [1.165, 1.54) is 25.7 Å². The van der Waals surface area contributed by atoms with Crippen molar-refractivity contribution in [3.63, 3.8) is 0 Å². The van der Waals surface area contributed by atoms with Gasteiger partial charge in [0.1, 0.15) is 5.82 Å². The Morgan fingerprint density at radius 1 is 1.43 bits per heavy atom. The van der Waals surface area contributed by atoms with E-state index in [-0.39, 0.29) is 0 Å². The van der Waals surface area contributed by atoms with E-state index in [9.17, 15) is 0 Å². The highest BCUT2D eigenvalue weighted by molar-refractivity contribution is 6.30. The molecule has 1 saturated carbocycles. The third-order valence-electron chi connectivity index (χ3n) is 2.52. The lowest BCUT2D eigenvalue weighted by atomic mass is 10.2. The molecule has 1 N–H and O–H groups in total. The minimum atomic E-state index is 0.688. The molecule has 0 saturated heterocycles. The van der Waals surface area contributed by atoms with E-state index < -0.39 is 0 Å². The van der Waals surface area contributed by atoms with Crippen molar-refractivity contribution in [3.8, 4) is 0 Å². The quantitative estimate of drug-likeness (QED) is 0.755. The molecule has 1 aromatic heterocycles. The van der Waals surface area contributed by atoms with Crippen LogP contribution in [0, 0.1) is 5.92 Å². The summed E-state index contributed by atoms with van der Waals surface area (Å²) in [4.78, 5) is 4.17. The monoisotopic (exact) mass is 210 g/mol. The average Bonchev–Trinajstić information content (AvgIpc) is 2.99. The molecule has 2 rings (SSSR count). The second-order valence-corrected chi connectivity index (χ2v) is 4.31. The average molecular weight is 211 g/mol. The Kier molecular flexibility index (Phi) is 3.25. The van der Waals surface area contributed by atoms with Gasteiger partial charge in [-0.2, -0.15) is 0 Å². The number of anilines is 1. The summed E-state index contributed by atoms with van der Waals surface area (Å²) in [5.74, 6) is 1.94. The molecular formula is C11H15ClN2. The molecule has 0 unspecified atom stereocenters. The van der Waals surface area contributed by atoms with E-state index in [0.29, 0.717) is 5.02 Å². The van der Waals surface area contributed by atoms with Gasteiger partial charge in [-0.05, 0) is 30.9 Å². The maximum absolute atomic E-state index is 5.73. The molecule has 1 heterocycles. The molecule has 0 amide bonds. The molecule has 0 atom stereocenters. The van der Waals surface area contributed by atoms with Gasteiger partial charge in [-0.1, -0.05) is 24.4 Å². The fraction of sp³-hybridized carbons (Fsp3) is 0.545. The summed E-state index contributed by atoms with van der Waals surface area (Å²) >= 11 is 5.73. The molecular weight excluding hydrogens is 196 g/mol. The van der Waals surface area contributed by atoms with Crippen LogP contribution in [-0.2, 0) is 0 Å². The molecule has 14 heavy (non-hydrogen) atoms. The smallest absolute Gasteiger partial charge is 0.125 e. The highest BCUT2D eigenvalue weighted by atomic mass is 35.5. The van der Waals surface area contributed by atoms with Crippen LogP contribution in [0.15, 0.2) is 18.3 Å². The topological polar surface area (TPSA) is 24.9 Å². The van der Waals surface area contributed by atoms with Crippen molar-refractivity contribution in [3.05, 3.63) is 23.4 Å². The Labute approximate surface area is 89.7 Å². The Balaban J connectivity index is 1.66. The molecule has 1 aromatic rings. The van der Waals surface area contributed by atoms with Crippen LogP contribution in [0.5, 0.6) is 0 Å². The maximum Gasteiger partial charge on any atom is 0.125 e. The lowest BCUT2D eigenvalue weighted by Gasteiger charge is -2.04. The predicted octanol–water partition coefficient (Wildman–Crippen LogP) is 3.34. The predicted molar refractivity (Wildman–Crippen MR) is 59.7 cm³/mol. The summed E-state index contributed by atoms with van der Waals surface area (Å²) in [7, 11) is 0. The van der Waals surface area contributed by atoms with E-state index in [0.717, 1.165) is 18.3 Å². The molecule has 76 valence electrons. The van der Waals surface area contributed by atoms with Crippen molar-refractivity contribution in [2.45, 2.75) is 25.7 Å². The van der Waals surface area contributed by atoms with Crippen LogP contribution in [0.2, 0.25) is 5.02 Å². The first-order chi connectivity index (χ1) is 6.84. The van der Waals surface area contributed by atoms with Crippen LogP contribution < -0.4 is 5.32 Å². The fourth-order valence-electron chi connectivity index (χ4n) is 1.49. The van der Waals surface area contributed by atoms with Gasteiger partial charge in [0.2, 0.25) is 0 Å². The molecule has 0 aliphatic heterocycles. The number of pyridine rings is 1. The van der Waals surface area contributed by atoms with Gasteiger partial charge in [0, 0.05) is 12.7 Å². The molecule has 0 radical (unpaired) electrons. The van der Waals surface area contributed by atoms with Gasteiger partial charge in [0.15, 0.2) is 0 Å². The van der Waals surface area contributed by atoms with E-state index >= 15 is 0 Å². The fourth-order valence-corrected chi connectivity index (χ4v) is 1.61. The Morgan fingerprint density at radius 2 is 2.29 bits per heavy atom. The van der Waals surface area contributed by atoms with Gasteiger partial charge >= 0.3 is 0 Å². The van der Waals surface area contributed by atoms with Crippen molar-refractivity contribution < 1.29 is 0 Å². The number of nitrogens with one attached hydrogen (secondary N) is 1. The normalized spacial score (nSPS) is 15.5. The third kappa shape index (κ3) is 3.18. The minimum absolute atomic E-state index is 0.688. The molecule has 1 aliphatic carbocycles. The highest BCUT2D eigenvalue weighted by Crippen LogP contribution is 2.33. The standard InChI is InChI=1S/C11H15ClN2/c12-10-5-6-11(14-8-10)13-7-1-2-9-3-4-9/h5-6,8-9H,1-4,7H2,(H,13,14). The first-order valence-electron chi connectivity index (χ1n) is 5.20. The van der Waals surface area contributed by atoms with Gasteiger partial charge in [-0.25, -0.2) is 4.98 Å². The zero-order valence-electron chi connectivity index (χ0n) is 8.17. The SMILES string of the molecule is Clc1ccc(NCCCC2CC2)nc1. The van der Waals surface area contributed by atoms with E-state index in [1.807, 2.05) is 12.1 Å². The zero-order chi connectivity index (χ0) is 9.80. The number of rotatable bonds is 5. The first kappa shape index (κ1) is 9.78. The van der Waals surface area contributed by atoms with E-state index in [1.54, 1.807) is 6.20 Å².